The fourth-order valence-corrected chi connectivity index (χ4v) is 4.56. The molecule has 0 N–H and O–H groups in total. The first kappa shape index (κ1) is 17.9. The van der Waals surface area contributed by atoms with E-state index in [2.05, 4.69) is 90.8 Å². The first-order valence-corrected chi connectivity index (χ1v) is 12.1. The Morgan fingerprint density at radius 2 is 1.65 bits per heavy atom. The van der Waals surface area contributed by atoms with Crippen molar-refractivity contribution < 1.29 is 0 Å². The topological polar surface area (TPSA) is 12.9 Å². The summed E-state index contributed by atoms with van der Waals surface area (Å²) < 4.78 is 0. The fourth-order valence-electron chi connectivity index (χ4n) is 2.88. The lowest BCUT2D eigenvalue weighted by Crippen LogP contribution is -2.40. The number of aromatic nitrogens is 1. The molecule has 0 aliphatic rings. The van der Waals surface area contributed by atoms with Gasteiger partial charge in [0.15, 0.2) is 0 Å². The van der Waals surface area contributed by atoms with E-state index in [9.17, 15) is 0 Å². The van der Waals surface area contributed by atoms with Gasteiger partial charge in [-0.25, -0.2) is 0 Å². The molecule has 1 aromatic heterocycles. The molecule has 0 radical (unpaired) electrons. The average Bonchev–Trinajstić information content (AvgIpc) is 2.45. The summed E-state index contributed by atoms with van der Waals surface area (Å²) in [4.78, 5) is 4.82. The van der Waals surface area contributed by atoms with E-state index in [0.29, 0.717) is 5.92 Å². The predicted molar refractivity (Wildman–Crippen MR) is 105 cm³/mol. The van der Waals surface area contributed by atoms with E-state index in [-0.39, 0.29) is 5.41 Å². The van der Waals surface area contributed by atoms with Crippen LogP contribution >= 0.6 is 0 Å². The third-order valence-electron chi connectivity index (χ3n) is 4.39. The minimum atomic E-state index is -1.37. The highest BCUT2D eigenvalue weighted by Crippen LogP contribution is 2.28. The van der Waals surface area contributed by atoms with Crippen LogP contribution in [0.4, 0.5) is 0 Å². The lowest BCUT2D eigenvalue weighted by atomic mass is 9.86. The number of nitrogens with zero attached hydrogens (tertiary/aromatic N) is 1. The van der Waals surface area contributed by atoms with Crippen LogP contribution in [0.2, 0.25) is 19.6 Å². The van der Waals surface area contributed by atoms with Crippen molar-refractivity contribution in [3.63, 3.8) is 0 Å². The maximum absolute atomic E-state index is 4.82. The molecule has 0 saturated heterocycles. The van der Waals surface area contributed by atoms with Crippen molar-refractivity contribution >= 4 is 13.3 Å². The zero-order chi connectivity index (χ0) is 17.4. The first-order valence-electron chi connectivity index (χ1n) is 8.61. The molecule has 23 heavy (non-hydrogen) atoms. The molecule has 2 rings (SSSR count). The molecular formula is C21H31NSi. The van der Waals surface area contributed by atoms with E-state index in [4.69, 9.17) is 4.98 Å². The summed E-state index contributed by atoms with van der Waals surface area (Å²) in [5, 5.41) is 1.49. The van der Waals surface area contributed by atoms with E-state index < -0.39 is 8.07 Å². The summed E-state index contributed by atoms with van der Waals surface area (Å²) in [6.07, 6.45) is 2.14. The van der Waals surface area contributed by atoms with Crippen molar-refractivity contribution in [1.29, 1.82) is 0 Å². The van der Waals surface area contributed by atoms with Gasteiger partial charge in [0.2, 0.25) is 0 Å². The van der Waals surface area contributed by atoms with Gasteiger partial charge in [0.25, 0.3) is 0 Å². The molecular weight excluding hydrogens is 294 g/mol. The average molecular weight is 326 g/mol. The molecule has 0 amide bonds. The van der Waals surface area contributed by atoms with Crippen LogP contribution in [0.5, 0.6) is 0 Å². The minimum absolute atomic E-state index is 0.162. The van der Waals surface area contributed by atoms with Crippen LogP contribution in [0.3, 0.4) is 0 Å². The number of benzene rings is 1. The summed E-state index contributed by atoms with van der Waals surface area (Å²) in [5.41, 5.74) is 5.31. The molecule has 0 saturated carbocycles. The molecule has 0 bridgehead atoms. The summed E-state index contributed by atoms with van der Waals surface area (Å²) in [5.74, 6) is 0.532. The Morgan fingerprint density at radius 1 is 1.00 bits per heavy atom. The highest BCUT2D eigenvalue weighted by molar-refractivity contribution is 6.89. The van der Waals surface area contributed by atoms with Crippen LogP contribution in [-0.4, -0.2) is 13.1 Å². The van der Waals surface area contributed by atoms with Crippen LogP contribution in [0.15, 0.2) is 36.5 Å². The zero-order valence-electron chi connectivity index (χ0n) is 16.0. The molecule has 124 valence electrons. The largest absolute Gasteiger partial charge is 0.256 e. The standard InChI is InChI=1S/C21H31NSi/c1-15(2)18-13-19(22-14-20(18)23(6,7)8)16-10-9-11-17(12-16)21(3,4)5/h9-15H,1-8H3. The van der Waals surface area contributed by atoms with Gasteiger partial charge in [0.05, 0.1) is 13.8 Å². The Morgan fingerprint density at radius 3 is 2.17 bits per heavy atom. The Labute approximate surface area is 143 Å². The van der Waals surface area contributed by atoms with E-state index in [1.54, 1.807) is 0 Å². The summed E-state index contributed by atoms with van der Waals surface area (Å²) >= 11 is 0. The summed E-state index contributed by atoms with van der Waals surface area (Å²) in [7, 11) is -1.37. The first-order chi connectivity index (χ1) is 10.5. The number of pyridine rings is 1. The molecule has 0 spiro atoms. The predicted octanol–water partition coefficient (Wildman–Crippen LogP) is 5.71. The van der Waals surface area contributed by atoms with E-state index in [0.717, 1.165) is 5.69 Å². The number of hydrogen-bond donors (Lipinski definition) is 0. The molecule has 0 unspecified atom stereocenters. The van der Waals surface area contributed by atoms with Gasteiger partial charge >= 0.3 is 0 Å². The minimum Gasteiger partial charge on any atom is -0.256 e. The summed E-state index contributed by atoms with van der Waals surface area (Å²) in [6, 6.07) is 11.2. The number of rotatable bonds is 3. The Bertz CT molecular complexity index is 688. The molecule has 0 fully saturated rings. The summed E-state index contributed by atoms with van der Waals surface area (Å²) in [6.45, 7) is 18.5. The SMILES string of the molecule is CC(C)c1cc(-c2cccc(C(C)(C)C)c2)ncc1[Si](C)(C)C. The molecule has 1 nitrogen and oxygen atoms in total. The van der Waals surface area contributed by atoms with E-state index in [1.165, 1.54) is 21.9 Å². The van der Waals surface area contributed by atoms with Gasteiger partial charge in [0.1, 0.15) is 0 Å². The third-order valence-corrected chi connectivity index (χ3v) is 6.42. The molecule has 1 heterocycles. The Hall–Kier alpha value is -1.41. The molecule has 0 atom stereocenters. The monoisotopic (exact) mass is 325 g/mol. The molecule has 1 aromatic carbocycles. The molecule has 0 aliphatic heterocycles. The van der Waals surface area contributed by atoms with Crippen molar-refractivity contribution in [2.24, 2.45) is 0 Å². The maximum Gasteiger partial charge on any atom is 0.0799 e. The highest BCUT2D eigenvalue weighted by atomic mass is 28.3. The van der Waals surface area contributed by atoms with Gasteiger partial charge in [-0.2, -0.15) is 0 Å². The molecule has 0 aliphatic carbocycles. The lowest BCUT2D eigenvalue weighted by Gasteiger charge is -2.24. The lowest BCUT2D eigenvalue weighted by molar-refractivity contribution is 0.590. The fraction of sp³-hybridized carbons (Fsp3) is 0.476. The smallest absolute Gasteiger partial charge is 0.0799 e. The Balaban J connectivity index is 2.56. The highest BCUT2D eigenvalue weighted by Gasteiger charge is 2.23. The quantitative estimate of drug-likeness (QED) is 0.658. The van der Waals surface area contributed by atoms with Crippen LogP contribution in [0, 0.1) is 0 Å². The van der Waals surface area contributed by atoms with Crippen molar-refractivity contribution in [2.45, 2.75) is 65.6 Å². The van der Waals surface area contributed by atoms with Gasteiger partial charge < -0.3 is 0 Å². The van der Waals surface area contributed by atoms with Gasteiger partial charge in [0, 0.05) is 11.8 Å². The van der Waals surface area contributed by atoms with E-state index >= 15 is 0 Å². The van der Waals surface area contributed by atoms with Crippen molar-refractivity contribution in [3.05, 3.63) is 47.7 Å². The van der Waals surface area contributed by atoms with Crippen molar-refractivity contribution in [2.75, 3.05) is 0 Å². The van der Waals surface area contributed by atoms with Crippen LogP contribution in [0.1, 0.15) is 51.7 Å². The second-order valence-corrected chi connectivity index (χ2v) is 13.9. The maximum atomic E-state index is 4.82. The van der Waals surface area contributed by atoms with Crippen molar-refractivity contribution in [3.8, 4) is 11.3 Å². The normalized spacial score (nSPS) is 12.7. The third kappa shape index (κ3) is 4.11. The second kappa shape index (κ2) is 6.24. The molecule has 2 heteroatoms. The van der Waals surface area contributed by atoms with E-state index in [1.807, 2.05) is 0 Å². The van der Waals surface area contributed by atoms with Crippen LogP contribution in [0.25, 0.3) is 11.3 Å². The number of hydrogen-bond acceptors (Lipinski definition) is 1. The van der Waals surface area contributed by atoms with Crippen molar-refractivity contribution in [1.82, 2.24) is 4.98 Å². The Kier molecular flexibility index (Phi) is 4.86. The second-order valence-electron chi connectivity index (χ2n) is 8.89. The van der Waals surface area contributed by atoms with Crippen LogP contribution < -0.4 is 5.19 Å². The zero-order valence-corrected chi connectivity index (χ0v) is 17.0. The van der Waals surface area contributed by atoms with Gasteiger partial charge in [-0.05, 0) is 39.8 Å². The van der Waals surface area contributed by atoms with Gasteiger partial charge in [-0.15, -0.1) is 0 Å². The molecule has 2 aromatic rings. The van der Waals surface area contributed by atoms with Crippen LogP contribution in [-0.2, 0) is 5.41 Å². The van der Waals surface area contributed by atoms with Gasteiger partial charge in [-0.1, -0.05) is 72.5 Å². The van der Waals surface area contributed by atoms with Gasteiger partial charge in [-0.3, -0.25) is 4.98 Å².